The first-order valence-corrected chi connectivity index (χ1v) is 15.3. The lowest BCUT2D eigenvalue weighted by molar-refractivity contribution is 0.825. The highest BCUT2D eigenvalue weighted by Crippen LogP contribution is 2.41. The van der Waals surface area contributed by atoms with E-state index in [9.17, 15) is 9.59 Å². The van der Waals surface area contributed by atoms with Crippen LogP contribution in [0.25, 0.3) is 33.4 Å². The average molecular weight is 635 g/mol. The molecule has 0 amide bonds. The number of halogens is 2. The van der Waals surface area contributed by atoms with Crippen molar-refractivity contribution in [2.45, 2.75) is 26.3 Å². The Bertz CT molecular complexity index is 2190. The molecule has 0 saturated heterocycles. The third-order valence-corrected chi connectivity index (χ3v) is 9.09. The molecule has 224 valence electrons. The predicted molar refractivity (Wildman–Crippen MR) is 182 cm³/mol. The van der Waals surface area contributed by atoms with Crippen molar-refractivity contribution in [3.05, 3.63) is 161 Å². The van der Waals surface area contributed by atoms with Gasteiger partial charge >= 0.3 is 0 Å². The van der Waals surface area contributed by atoms with E-state index in [0.29, 0.717) is 39.1 Å². The number of aromatic nitrogens is 5. The standard InChI is InChI=1S/C36H29Cl2N5O2/c1-20-7-12-23(13-8-20)33-31(35(44)41-39-33)30(32-34(40-42-36(32)45)24-14-9-21(2)10-15-24)26-19-43(29-6-4-3-5-25(26)29)18-22-11-16-27(37)28(38)17-22/h3-17,19,30H,18H2,1-2H3,(H2,39,41,44)(H2,40,42,45). The molecule has 3 aromatic heterocycles. The van der Waals surface area contributed by atoms with E-state index < -0.39 is 5.92 Å². The molecule has 0 saturated carbocycles. The summed E-state index contributed by atoms with van der Waals surface area (Å²) >= 11 is 12.6. The lowest BCUT2D eigenvalue weighted by atomic mass is 9.83. The van der Waals surface area contributed by atoms with Crippen molar-refractivity contribution >= 4 is 34.1 Å². The Morgan fingerprint density at radius 3 is 1.78 bits per heavy atom. The Morgan fingerprint density at radius 2 is 1.22 bits per heavy atom. The Balaban J connectivity index is 1.51. The van der Waals surface area contributed by atoms with Crippen LogP contribution in [0.15, 0.2) is 107 Å². The van der Waals surface area contributed by atoms with Crippen molar-refractivity contribution in [2.75, 3.05) is 0 Å². The van der Waals surface area contributed by atoms with Gasteiger partial charge in [-0.2, -0.15) is 0 Å². The number of aryl methyl sites for hydroxylation is 2. The fourth-order valence-corrected chi connectivity index (χ4v) is 6.43. The number of fused-ring (bicyclic) bond motifs is 1. The highest BCUT2D eigenvalue weighted by atomic mass is 35.5. The lowest BCUT2D eigenvalue weighted by Gasteiger charge is -2.17. The minimum atomic E-state index is -0.734. The van der Waals surface area contributed by atoms with Crippen LogP contribution in [-0.2, 0) is 6.54 Å². The van der Waals surface area contributed by atoms with E-state index in [1.165, 1.54) is 0 Å². The number of para-hydroxylation sites is 1. The Kier molecular flexibility index (Phi) is 7.36. The molecular weight excluding hydrogens is 605 g/mol. The molecule has 7 rings (SSSR count). The maximum absolute atomic E-state index is 13.9. The van der Waals surface area contributed by atoms with Crippen LogP contribution in [0.3, 0.4) is 0 Å². The zero-order valence-corrected chi connectivity index (χ0v) is 26.1. The molecular formula is C36H29Cl2N5O2. The second-order valence-electron chi connectivity index (χ2n) is 11.4. The maximum Gasteiger partial charge on any atom is 0.268 e. The summed E-state index contributed by atoms with van der Waals surface area (Å²) in [5, 5.41) is 13.8. The molecule has 0 bridgehead atoms. The van der Waals surface area contributed by atoms with Gasteiger partial charge in [-0.05, 0) is 54.3 Å². The third kappa shape index (κ3) is 5.24. The van der Waals surface area contributed by atoms with Crippen molar-refractivity contribution in [1.29, 1.82) is 0 Å². The molecule has 0 unspecified atom stereocenters. The number of nitrogens with zero attached hydrogens (tertiary/aromatic N) is 1. The van der Waals surface area contributed by atoms with E-state index in [1.807, 2.05) is 105 Å². The van der Waals surface area contributed by atoms with E-state index in [-0.39, 0.29) is 11.1 Å². The summed E-state index contributed by atoms with van der Waals surface area (Å²) in [4.78, 5) is 27.7. The monoisotopic (exact) mass is 633 g/mol. The molecule has 0 fully saturated rings. The van der Waals surface area contributed by atoms with Gasteiger partial charge in [-0.25, -0.2) is 0 Å². The quantitative estimate of drug-likeness (QED) is 0.142. The van der Waals surface area contributed by atoms with Crippen molar-refractivity contribution in [3.8, 4) is 22.5 Å². The number of H-pyrrole nitrogens is 4. The SMILES string of the molecule is Cc1ccc(-c2[nH][nH]c(=O)c2C(c2c(-c3ccc(C)cc3)[nH][nH]c2=O)c2cn(Cc3ccc(Cl)c(Cl)c3)c3ccccc23)cc1. The first-order valence-electron chi connectivity index (χ1n) is 14.6. The lowest BCUT2D eigenvalue weighted by Crippen LogP contribution is -2.20. The molecule has 7 nitrogen and oxygen atoms in total. The molecule has 0 aliphatic rings. The highest BCUT2D eigenvalue weighted by Gasteiger charge is 2.33. The molecule has 3 heterocycles. The number of hydrogen-bond acceptors (Lipinski definition) is 2. The van der Waals surface area contributed by atoms with Crippen molar-refractivity contribution in [1.82, 2.24) is 25.0 Å². The van der Waals surface area contributed by atoms with E-state index in [4.69, 9.17) is 23.2 Å². The number of hydrogen-bond donors (Lipinski definition) is 4. The smallest absolute Gasteiger partial charge is 0.268 e. The fraction of sp³-hybridized carbons (Fsp3) is 0.111. The van der Waals surface area contributed by atoms with Gasteiger partial charge in [0.15, 0.2) is 0 Å². The highest BCUT2D eigenvalue weighted by molar-refractivity contribution is 6.42. The van der Waals surface area contributed by atoms with E-state index in [2.05, 4.69) is 25.0 Å². The molecule has 4 N–H and O–H groups in total. The topological polar surface area (TPSA) is 102 Å². The van der Waals surface area contributed by atoms with Crippen LogP contribution in [0.4, 0.5) is 0 Å². The van der Waals surface area contributed by atoms with Gasteiger partial charge in [0.2, 0.25) is 0 Å². The molecule has 0 aliphatic heterocycles. The molecule has 0 aliphatic carbocycles. The molecule has 4 aromatic carbocycles. The minimum Gasteiger partial charge on any atom is -0.343 e. The molecule has 45 heavy (non-hydrogen) atoms. The van der Waals surface area contributed by atoms with Gasteiger partial charge in [-0.1, -0.05) is 107 Å². The summed E-state index contributed by atoms with van der Waals surface area (Å²) in [6.07, 6.45) is 2.04. The predicted octanol–water partition coefficient (Wildman–Crippen LogP) is 8.16. The summed E-state index contributed by atoms with van der Waals surface area (Å²) in [6.45, 7) is 4.54. The molecule has 7 aromatic rings. The molecule has 0 radical (unpaired) electrons. The second-order valence-corrected chi connectivity index (χ2v) is 12.2. The van der Waals surface area contributed by atoms with Crippen LogP contribution in [-0.4, -0.2) is 25.0 Å². The van der Waals surface area contributed by atoms with Crippen LogP contribution in [0.1, 0.15) is 39.3 Å². The Hall–Kier alpha value is -4.98. The number of benzene rings is 4. The van der Waals surface area contributed by atoms with Gasteiger partial charge in [0, 0.05) is 23.6 Å². The summed E-state index contributed by atoms with van der Waals surface area (Å²) in [7, 11) is 0. The Labute approximate surface area is 268 Å². The largest absolute Gasteiger partial charge is 0.343 e. The summed E-state index contributed by atoms with van der Waals surface area (Å²) in [5.74, 6) is -0.734. The van der Waals surface area contributed by atoms with Gasteiger partial charge < -0.3 is 4.57 Å². The Morgan fingerprint density at radius 1 is 0.667 bits per heavy atom. The number of nitrogens with one attached hydrogen (secondary N) is 4. The second kappa shape index (κ2) is 11.5. The first-order chi connectivity index (χ1) is 21.8. The fourth-order valence-electron chi connectivity index (χ4n) is 6.11. The van der Waals surface area contributed by atoms with Crippen LogP contribution >= 0.6 is 23.2 Å². The molecule has 0 atom stereocenters. The third-order valence-electron chi connectivity index (χ3n) is 8.36. The van der Waals surface area contributed by atoms with E-state index in [1.54, 1.807) is 6.07 Å². The van der Waals surface area contributed by atoms with Gasteiger partial charge in [0.1, 0.15) is 0 Å². The van der Waals surface area contributed by atoms with Crippen LogP contribution < -0.4 is 11.1 Å². The van der Waals surface area contributed by atoms with Crippen molar-refractivity contribution in [3.63, 3.8) is 0 Å². The number of rotatable bonds is 7. The van der Waals surface area contributed by atoms with Gasteiger partial charge in [-0.3, -0.25) is 30.0 Å². The summed E-state index contributed by atoms with van der Waals surface area (Å²) in [5.41, 5.74) is 8.18. The normalized spacial score (nSPS) is 11.6. The molecule has 9 heteroatoms. The summed E-state index contributed by atoms with van der Waals surface area (Å²) < 4.78 is 2.12. The average Bonchev–Trinajstić information content (AvgIpc) is 3.72. The first kappa shape index (κ1) is 28.8. The van der Waals surface area contributed by atoms with E-state index in [0.717, 1.165) is 44.3 Å². The zero-order valence-electron chi connectivity index (χ0n) is 24.5. The minimum absolute atomic E-state index is 0.299. The van der Waals surface area contributed by atoms with Crippen LogP contribution in [0.2, 0.25) is 10.0 Å². The van der Waals surface area contributed by atoms with Gasteiger partial charge in [-0.15, -0.1) is 0 Å². The summed E-state index contributed by atoms with van der Waals surface area (Å²) in [6, 6.07) is 29.5. The van der Waals surface area contributed by atoms with Gasteiger partial charge in [0.05, 0.1) is 38.5 Å². The van der Waals surface area contributed by atoms with Crippen LogP contribution in [0.5, 0.6) is 0 Å². The molecule has 0 spiro atoms. The van der Waals surface area contributed by atoms with Gasteiger partial charge in [0.25, 0.3) is 11.1 Å². The van der Waals surface area contributed by atoms with Crippen LogP contribution in [0, 0.1) is 13.8 Å². The zero-order chi connectivity index (χ0) is 31.2. The van der Waals surface area contributed by atoms with Crippen molar-refractivity contribution < 1.29 is 0 Å². The maximum atomic E-state index is 13.9. The number of aromatic amines is 4. The van der Waals surface area contributed by atoms with Crippen molar-refractivity contribution in [2.24, 2.45) is 0 Å². The van der Waals surface area contributed by atoms with E-state index >= 15 is 0 Å².